The van der Waals surface area contributed by atoms with Crippen molar-refractivity contribution >= 4 is 5.97 Å². The third kappa shape index (κ3) is 4.02. The van der Waals surface area contributed by atoms with Crippen LogP contribution in [-0.4, -0.2) is 21.7 Å². The molecule has 4 nitrogen and oxygen atoms in total. The fraction of sp³-hybridized carbons (Fsp3) is 0.542. The summed E-state index contributed by atoms with van der Waals surface area (Å²) < 4.78 is 2.16. The van der Waals surface area contributed by atoms with Crippen LogP contribution in [0.15, 0.2) is 24.3 Å². The van der Waals surface area contributed by atoms with Crippen LogP contribution in [0.25, 0.3) is 0 Å². The second-order valence-electron chi connectivity index (χ2n) is 8.60. The number of carboxylic acid groups (broad SMARTS) is 1. The molecular weight excluding hydrogens is 348 g/mol. The van der Waals surface area contributed by atoms with Crippen LogP contribution in [-0.2, 0) is 13.1 Å². The van der Waals surface area contributed by atoms with Crippen LogP contribution in [0.4, 0.5) is 0 Å². The Morgan fingerprint density at radius 1 is 1.14 bits per heavy atom. The summed E-state index contributed by atoms with van der Waals surface area (Å²) >= 11 is 0. The number of hydrogen-bond donors (Lipinski definition) is 2. The Hall–Kier alpha value is -2.07. The third-order valence-corrected chi connectivity index (χ3v) is 6.96. The van der Waals surface area contributed by atoms with Gasteiger partial charge in [-0.3, -0.25) is 0 Å². The van der Waals surface area contributed by atoms with Crippen molar-refractivity contribution < 1.29 is 9.90 Å². The maximum Gasteiger partial charge on any atom is 0.337 e. The second kappa shape index (κ2) is 8.52. The molecule has 0 spiro atoms. The summed E-state index contributed by atoms with van der Waals surface area (Å²) in [5, 5.41) is 13.6. The van der Waals surface area contributed by atoms with Gasteiger partial charge in [-0.25, -0.2) is 4.79 Å². The predicted octanol–water partition coefficient (Wildman–Crippen LogP) is 5.07. The Balaban J connectivity index is 1.88. The average molecular weight is 383 g/mol. The van der Waals surface area contributed by atoms with E-state index < -0.39 is 5.97 Å². The molecule has 4 heteroatoms. The molecule has 1 fully saturated rings. The summed E-state index contributed by atoms with van der Waals surface area (Å²) in [5.41, 5.74) is 5.77. The summed E-state index contributed by atoms with van der Waals surface area (Å²) in [6.07, 6.45) is 3.72. The minimum absolute atomic E-state index is 0.463. The van der Waals surface area contributed by atoms with Gasteiger partial charge in [-0.2, -0.15) is 0 Å². The molecule has 28 heavy (non-hydrogen) atoms. The van der Waals surface area contributed by atoms with Crippen molar-refractivity contribution in [1.82, 2.24) is 9.88 Å². The van der Waals surface area contributed by atoms with Gasteiger partial charge >= 0.3 is 5.97 Å². The number of benzene rings is 1. The van der Waals surface area contributed by atoms with Crippen molar-refractivity contribution in [1.29, 1.82) is 0 Å². The van der Waals surface area contributed by atoms with E-state index in [2.05, 4.69) is 49.7 Å². The summed E-state index contributed by atoms with van der Waals surface area (Å²) in [5.74, 6) is 0.516. The molecular formula is C24H34N2O2. The largest absolute Gasteiger partial charge is 0.478 e. The Labute approximate surface area is 169 Å². The molecule has 2 N–H and O–H groups in total. The van der Waals surface area contributed by atoms with Gasteiger partial charge in [0.15, 0.2) is 0 Å². The normalized spacial score (nSPS) is 22.4. The molecule has 1 aromatic carbocycles. The number of nitrogens with one attached hydrogen (secondary N) is 1. The first kappa shape index (κ1) is 20.7. The smallest absolute Gasteiger partial charge is 0.337 e. The molecule has 1 heterocycles. The molecule has 1 aromatic heterocycles. The molecule has 0 bridgehead atoms. The zero-order valence-corrected chi connectivity index (χ0v) is 17.9. The van der Waals surface area contributed by atoms with Gasteiger partial charge < -0.3 is 15.0 Å². The molecule has 0 amide bonds. The lowest BCUT2D eigenvalue weighted by molar-refractivity contribution is 0.0694. The maximum absolute atomic E-state index is 12.1. The van der Waals surface area contributed by atoms with Crippen LogP contribution in [0.1, 0.15) is 71.5 Å². The summed E-state index contributed by atoms with van der Waals surface area (Å²) in [6, 6.07) is 8.78. The zero-order valence-electron chi connectivity index (χ0n) is 17.9. The summed E-state index contributed by atoms with van der Waals surface area (Å²) in [6.45, 7) is 12.1. The van der Waals surface area contributed by atoms with Crippen LogP contribution in [0, 0.1) is 32.6 Å². The van der Waals surface area contributed by atoms with E-state index in [9.17, 15) is 9.90 Å². The molecule has 1 aliphatic carbocycles. The van der Waals surface area contributed by atoms with E-state index in [4.69, 9.17) is 0 Å². The summed E-state index contributed by atoms with van der Waals surface area (Å²) in [7, 11) is 0. The van der Waals surface area contributed by atoms with Gasteiger partial charge in [-0.1, -0.05) is 51.0 Å². The van der Waals surface area contributed by atoms with Gasteiger partial charge in [0.25, 0.3) is 0 Å². The van der Waals surface area contributed by atoms with Gasteiger partial charge in [0.1, 0.15) is 0 Å². The van der Waals surface area contributed by atoms with Gasteiger partial charge in [-0.15, -0.1) is 0 Å². The van der Waals surface area contributed by atoms with Crippen molar-refractivity contribution in [3.05, 3.63) is 57.9 Å². The van der Waals surface area contributed by atoms with E-state index in [-0.39, 0.29) is 0 Å². The highest BCUT2D eigenvalue weighted by Crippen LogP contribution is 2.31. The van der Waals surface area contributed by atoms with E-state index in [0.29, 0.717) is 30.6 Å². The van der Waals surface area contributed by atoms with Crippen molar-refractivity contribution in [3.63, 3.8) is 0 Å². The van der Waals surface area contributed by atoms with Gasteiger partial charge in [0, 0.05) is 36.1 Å². The molecule has 0 saturated heterocycles. The van der Waals surface area contributed by atoms with Gasteiger partial charge in [0.05, 0.1) is 5.56 Å². The lowest BCUT2D eigenvalue weighted by Crippen LogP contribution is -2.40. The van der Waals surface area contributed by atoms with Gasteiger partial charge in [-0.05, 0) is 50.2 Å². The number of carboxylic acids is 1. The zero-order chi connectivity index (χ0) is 20.4. The van der Waals surface area contributed by atoms with Crippen LogP contribution in [0.3, 0.4) is 0 Å². The Morgan fingerprint density at radius 3 is 2.54 bits per heavy atom. The molecule has 152 valence electrons. The Bertz CT molecular complexity index is 853. The molecule has 0 aliphatic heterocycles. The minimum atomic E-state index is -0.828. The summed E-state index contributed by atoms with van der Waals surface area (Å²) in [4.78, 5) is 12.1. The molecule has 3 rings (SSSR count). The van der Waals surface area contributed by atoms with Crippen LogP contribution in [0.5, 0.6) is 0 Å². The molecule has 3 atom stereocenters. The van der Waals surface area contributed by atoms with Crippen LogP contribution >= 0.6 is 0 Å². The lowest BCUT2D eigenvalue weighted by Gasteiger charge is -2.34. The van der Waals surface area contributed by atoms with Gasteiger partial charge in [0.2, 0.25) is 0 Å². The SMILES string of the molecule is Cc1ccccc1Cn1c(C)c(CN[C@@H]2CCC[C@@H](C)[C@H]2C)c(C(=O)O)c1C. The minimum Gasteiger partial charge on any atom is -0.478 e. The number of hydrogen-bond acceptors (Lipinski definition) is 2. The van der Waals surface area contributed by atoms with E-state index in [1.807, 2.05) is 19.1 Å². The van der Waals surface area contributed by atoms with E-state index in [1.165, 1.54) is 30.4 Å². The molecule has 1 aliphatic rings. The van der Waals surface area contributed by atoms with Crippen molar-refractivity contribution in [3.8, 4) is 0 Å². The molecule has 1 saturated carbocycles. The predicted molar refractivity (Wildman–Crippen MR) is 114 cm³/mol. The quantitative estimate of drug-likeness (QED) is 0.733. The van der Waals surface area contributed by atoms with Crippen molar-refractivity contribution in [2.45, 2.75) is 73.0 Å². The average Bonchev–Trinajstić information content (AvgIpc) is 2.89. The Kier molecular flexibility index (Phi) is 6.29. The van der Waals surface area contributed by atoms with E-state index in [0.717, 1.165) is 22.9 Å². The Morgan fingerprint density at radius 2 is 1.86 bits per heavy atom. The highest BCUT2D eigenvalue weighted by Gasteiger charge is 2.28. The fourth-order valence-electron chi connectivity index (χ4n) is 4.75. The number of aromatic carboxylic acids is 1. The maximum atomic E-state index is 12.1. The number of rotatable bonds is 6. The molecule has 0 unspecified atom stereocenters. The molecule has 0 radical (unpaired) electrons. The highest BCUT2D eigenvalue weighted by molar-refractivity contribution is 5.91. The third-order valence-electron chi connectivity index (χ3n) is 6.96. The van der Waals surface area contributed by atoms with Crippen molar-refractivity contribution in [2.24, 2.45) is 11.8 Å². The first-order valence-electron chi connectivity index (χ1n) is 10.5. The second-order valence-corrected chi connectivity index (χ2v) is 8.60. The lowest BCUT2D eigenvalue weighted by atomic mass is 9.78. The monoisotopic (exact) mass is 382 g/mol. The van der Waals surface area contributed by atoms with E-state index in [1.54, 1.807) is 0 Å². The fourth-order valence-corrected chi connectivity index (χ4v) is 4.75. The van der Waals surface area contributed by atoms with Crippen LogP contribution < -0.4 is 5.32 Å². The van der Waals surface area contributed by atoms with Crippen molar-refractivity contribution in [2.75, 3.05) is 0 Å². The first-order chi connectivity index (χ1) is 13.3. The number of aryl methyl sites for hydroxylation is 1. The van der Waals surface area contributed by atoms with Crippen LogP contribution in [0.2, 0.25) is 0 Å². The number of aromatic nitrogens is 1. The van der Waals surface area contributed by atoms with E-state index >= 15 is 0 Å². The standard InChI is InChI=1S/C24H34N2O2/c1-15-10-8-12-22(17(15)3)25-13-21-18(4)26(19(5)23(21)24(27)28)14-20-11-7-6-9-16(20)2/h6-7,9,11,15,17,22,25H,8,10,12-14H2,1-5H3,(H,27,28)/t15-,17-,22-/m1/s1. The molecule has 2 aromatic rings. The first-order valence-corrected chi connectivity index (χ1v) is 10.5. The number of nitrogens with zero attached hydrogens (tertiary/aromatic N) is 1. The topological polar surface area (TPSA) is 54.3 Å². The highest BCUT2D eigenvalue weighted by atomic mass is 16.4. The number of carbonyl (C=O) groups is 1.